The topological polar surface area (TPSA) is 58.2 Å². The summed E-state index contributed by atoms with van der Waals surface area (Å²) in [5, 5.41) is 3.33. The average Bonchev–Trinajstić information content (AvgIpc) is 2.40. The van der Waals surface area contributed by atoms with Crippen molar-refractivity contribution in [1.29, 1.82) is 0 Å². The van der Waals surface area contributed by atoms with Crippen molar-refractivity contribution in [3.63, 3.8) is 0 Å². The number of thioether (sulfide) groups is 1. The summed E-state index contributed by atoms with van der Waals surface area (Å²) in [5.74, 6) is 0.815. The third kappa shape index (κ3) is 7.85. The molecule has 0 saturated carbocycles. The van der Waals surface area contributed by atoms with Crippen LogP contribution in [0.5, 0.6) is 0 Å². The van der Waals surface area contributed by atoms with Gasteiger partial charge in [-0.05, 0) is 37.3 Å². The third-order valence-corrected chi connectivity index (χ3v) is 5.24. The molecule has 4 nitrogen and oxygen atoms in total. The predicted molar refractivity (Wildman–Crippen MR) is 92.0 cm³/mol. The normalized spacial score (nSPS) is 13.3. The molecule has 0 bridgehead atoms. The van der Waals surface area contributed by atoms with Gasteiger partial charge < -0.3 is 5.32 Å². The lowest BCUT2D eigenvalue weighted by Gasteiger charge is -2.13. The van der Waals surface area contributed by atoms with E-state index in [1.165, 1.54) is 5.56 Å². The molecule has 0 radical (unpaired) electrons. The molecule has 6 heteroatoms. The van der Waals surface area contributed by atoms with Crippen LogP contribution in [0.2, 0.25) is 0 Å². The summed E-state index contributed by atoms with van der Waals surface area (Å²) in [5.41, 5.74) is 1.99. The first-order valence-corrected chi connectivity index (χ1v) is 10.3. The standard InChI is InChI=1S/C15H26N2O2S2/c1-4-9-16-10-14-5-7-15(8-6-14)12-21(18,19)17-13(2)11-20-3/h5-8,13,16-17H,4,9-12H2,1-3H3. The van der Waals surface area contributed by atoms with Crippen molar-refractivity contribution in [3.8, 4) is 0 Å². The highest BCUT2D eigenvalue weighted by molar-refractivity contribution is 7.98. The molecule has 1 atom stereocenters. The second kappa shape index (κ2) is 9.46. The maximum absolute atomic E-state index is 12.0. The van der Waals surface area contributed by atoms with Gasteiger partial charge in [-0.15, -0.1) is 0 Å². The second-order valence-electron chi connectivity index (χ2n) is 5.23. The van der Waals surface area contributed by atoms with Gasteiger partial charge in [0.05, 0.1) is 5.75 Å². The van der Waals surface area contributed by atoms with E-state index in [0.717, 1.165) is 30.8 Å². The van der Waals surface area contributed by atoms with E-state index in [2.05, 4.69) is 17.0 Å². The Morgan fingerprint density at radius 2 is 1.81 bits per heavy atom. The predicted octanol–water partition coefficient (Wildman–Crippen LogP) is 2.36. The molecule has 0 aromatic heterocycles. The van der Waals surface area contributed by atoms with Crippen LogP contribution < -0.4 is 10.0 Å². The van der Waals surface area contributed by atoms with Gasteiger partial charge in [-0.2, -0.15) is 11.8 Å². The largest absolute Gasteiger partial charge is 0.313 e. The molecule has 0 fully saturated rings. The number of nitrogens with one attached hydrogen (secondary N) is 2. The summed E-state index contributed by atoms with van der Waals surface area (Å²) in [6.07, 6.45) is 3.08. The van der Waals surface area contributed by atoms with E-state index in [1.807, 2.05) is 37.4 Å². The number of hydrogen-bond donors (Lipinski definition) is 2. The summed E-state index contributed by atoms with van der Waals surface area (Å²) < 4.78 is 26.8. The fraction of sp³-hybridized carbons (Fsp3) is 0.600. The minimum Gasteiger partial charge on any atom is -0.313 e. The molecule has 1 aromatic rings. The van der Waals surface area contributed by atoms with Crippen LogP contribution in [0.15, 0.2) is 24.3 Å². The first-order chi connectivity index (χ1) is 9.96. The molecule has 1 aromatic carbocycles. The maximum atomic E-state index is 12.0. The fourth-order valence-corrected chi connectivity index (χ4v) is 4.11. The Labute approximate surface area is 133 Å². The number of rotatable bonds is 10. The molecule has 0 saturated heterocycles. The van der Waals surface area contributed by atoms with Gasteiger partial charge in [0.25, 0.3) is 0 Å². The average molecular weight is 331 g/mol. The molecule has 0 aliphatic rings. The number of sulfonamides is 1. The quantitative estimate of drug-likeness (QED) is 0.647. The second-order valence-corrected chi connectivity index (χ2v) is 7.89. The van der Waals surface area contributed by atoms with Crippen LogP contribution in [0, 0.1) is 0 Å². The zero-order valence-corrected chi connectivity index (χ0v) is 14.7. The van der Waals surface area contributed by atoms with Gasteiger partial charge in [-0.1, -0.05) is 31.2 Å². The summed E-state index contributed by atoms with van der Waals surface area (Å²) in [4.78, 5) is 0. The van der Waals surface area contributed by atoms with E-state index < -0.39 is 10.0 Å². The van der Waals surface area contributed by atoms with Crippen LogP contribution in [0.25, 0.3) is 0 Å². The van der Waals surface area contributed by atoms with Crippen LogP contribution in [0.3, 0.4) is 0 Å². The Morgan fingerprint density at radius 3 is 2.38 bits per heavy atom. The van der Waals surface area contributed by atoms with E-state index in [-0.39, 0.29) is 11.8 Å². The third-order valence-electron chi connectivity index (χ3n) is 2.93. The van der Waals surface area contributed by atoms with Crippen LogP contribution in [0.4, 0.5) is 0 Å². The molecule has 120 valence electrons. The van der Waals surface area contributed by atoms with E-state index in [9.17, 15) is 8.42 Å². The number of benzene rings is 1. The Hall–Kier alpha value is -0.560. The van der Waals surface area contributed by atoms with Gasteiger partial charge in [0.15, 0.2) is 0 Å². The molecular formula is C15H26N2O2S2. The van der Waals surface area contributed by atoms with Crippen LogP contribution in [0.1, 0.15) is 31.4 Å². The van der Waals surface area contributed by atoms with Crippen molar-refractivity contribution < 1.29 is 8.42 Å². The van der Waals surface area contributed by atoms with Crippen LogP contribution >= 0.6 is 11.8 Å². The van der Waals surface area contributed by atoms with E-state index in [1.54, 1.807) is 11.8 Å². The van der Waals surface area contributed by atoms with Crippen molar-refractivity contribution in [2.75, 3.05) is 18.6 Å². The lowest BCUT2D eigenvalue weighted by Crippen LogP contribution is -2.35. The monoisotopic (exact) mass is 330 g/mol. The van der Waals surface area contributed by atoms with Crippen molar-refractivity contribution in [2.24, 2.45) is 0 Å². The van der Waals surface area contributed by atoms with Crippen LogP contribution in [-0.4, -0.2) is 33.0 Å². The van der Waals surface area contributed by atoms with Crippen molar-refractivity contribution in [1.82, 2.24) is 10.0 Å². The highest BCUT2D eigenvalue weighted by Gasteiger charge is 2.14. The van der Waals surface area contributed by atoms with Gasteiger partial charge in [-0.25, -0.2) is 13.1 Å². The molecule has 0 amide bonds. The zero-order chi connectivity index (χ0) is 15.7. The molecule has 0 heterocycles. The van der Waals surface area contributed by atoms with Gasteiger partial charge in [0.2, 0.25) is 10.0 Å². The minimum absolute atomic E-state index is 0.0361. The molecule has 1 rings (SSSR count). The molecule has 1 unspecified atom stereocenters. The van der Waals surface area contributed by atoms with E-state index in [4.69, 9.17) is 0 Å². The highest BCUT2D eigenvalue weighted by Crippen LogP contribution is 2.09. The lowest BCUT2D eigenvalue weighted by atomic mass is 10.1. The first kappa shape index (κ1) is 18.5. The van der Waals surface area contributed by atoms with Gasteiger partial charge in [0.1, 0.15) is 0 Å². The van der Waals surface area contributed by atoms with Gasteiger partial charge in [-0.3, -0.25) is 0 Å². The minimum atomic E-state index is -3.27. The first-order valence-electron chi connectivity index (χ1n) is 7.24. The summed E-state index contributed by atoms with van der Waals surface area (Å²) in [6, 6.07) is 7.71. The van der Waals surface area contributed by atoms with Crippen molar-refractivity contribution >= 4 is 21.8 Å². The van der Waals surface area contributed by atoms with Crippen LogP contribution in [-0.2, 0) is 22.3 Å². The Balaban J connectivity index is 2.54. The Morgan fingerprint density at radius 1 is 1.19 bits per heavy atom. The SMILES string of the molecule is CCCNCc1ccc(CS(=O)(=O)NC(C)CSC)cc1. The van der Waals surface area contributed by atoms with Gasteiger partial charge in [0, 0.05) is 18.3 Å². The highest BCUT2D eigenvalue weighted by atomic mass is 32.2. The molecule has 2 N–H and O–H groups in total. The van der Waals surface area contributed by atoms with E-state index in [0.29, 0.717) is 0 Å². The molecule has 0 aliphatic carbocycles. The molecular weight excluding hydrogens is 304 g/mol. The summed E-state index contributed by atoms with van der Waals surface area (Å²) in [6.45, 7) is 5.83. The smallest absolute Gasteiger partial charge is 0.216 e. The Kier molecular flexibility index (Phi) is 8.33. The summed E-state index contributed by atoms with van der Waals surface area (Å²) in [7, 11) is -3.27. The molecule has 21 heavy (non-hydrogen) atoms. The van der Waals surface area contributed by atoms with E-state index >= 15 is 0 Å². The number of hydrogen-bond acceptors (Lipinski definition) is 4. The van der Waals surface area contributed by atoms with Gasteiger partial charge >= 0.3 is 0 Å². The maximum Gasteiger partial charge on any atom is 0.216 e. The molecule has 0 spiro atoms. The zero-order valence-electron chi connectivity index (χ0n) is 13.1. The molecule has 0 aliphatic heterocycles. The van der Waals surface area contributed by atoms with Crippen molar-refractivity contribution in [2.45, 2.75) is 38.6 Å². The van der Waals surface area contributed by atoms with Crippen molar-refractivity contribution in [3.05, 3.63) is 35.4 Å². The lowest BCUT2D eigenvalue weighted by molar-refractivity contribution is 0.570. The Bertz CT molecular complexity index is 501. The fourth-order valence-electron chi connectivity index (χ4n) is 2.01. The summed E-state index contributed by atoms with van der Waals surface area (Å²) >= 11 is 1.63.